The maximum atomic E-state index is 12.4. The fourth-order valence-electron chi connectivity index (χ4n) is 2.85. The topological polar surface area (TPSA) is 55.1 Å². The fraction of sp³-hybridized carbons (Fsp3) is 0.562. The quantitative estimate of drug-likeness (QED) is 0.874. The van der Waals surface area contributed by atoms with Gasteiger partial charge in [0.15, 0.2) is 0 Å². The third kappa shape index (κ3) is 3.16. The molecule has 0 heterocycles. The maximum Gasteiger partial charge on any atom is 0.244 e. The Morgan fingerprint density at radius 1 is 1.32 bits per heavy atom. The summed E-state index contributed by atoms with van der Waals surface area (Å²) < 4.78 is 0. The van der Waals surface area contributed by atoms with Crippen LogP contribution in [-0.2, 0) is 10.3 Å². The first kappa shape index (κ1) is 14.1. The monoisotopic (exact) mass is 260 g/mol. The molecule has 1 aromatic rings. The predicted octanol–water partition coefficient (Wildman–Crippen LogP) is 2.56. The standard InChI is InChI=1S/C16H24N2O/c1-12(13-8-6-7-9-13)18-15(19)16(2,17)14-10-4-3-5-11-14/h3-5,10-13H,6-9,17H2,1-2H3,(H,18,19). The van der Waals surface area contributed by atoms with E-state index in [0.29, 0.717) is 5.92 Å². The normalized spacial score (nSPS) is 20.8. The van der Waals surface area contributed by atoms with Crippen molar-refractivity contribution in [2.45, 2.75) is 51.1 Å². The Labute approximate surface area is 115 Å². The van der Waals surface area contributed by atoms with E-state index in [1.165, 1.54) is 25.7 Å². The van der Waals surface area contributed by atoms with Gasteiger partial charge in [-0.15, -0.1) is 0 Å². The molecule has 0 aromatic heterocycles. The van der Waals surface area contributed by atoms with Crippen LogP contribution in [0.25, 0.3) is 0 Å². The van der Waals surface area contributed by atoms with Crippen molar-refractivity contribution in [3.8, 4) is 0 Å². The molecule has 0 bridgehead atoms. The van der Waals surface area contributed by atoms with Gasteiger partial charge in [0.1, 0.15) is 5.54 Å². The van der Waals surface area contributed by atoms with Gasteiger partial charge in [-0.3, -0.25) is 4.79 Å². The van der Waals surface area contributed by atoms with E-state index in [1.54, 1.807) is 6.92 Å². The SMILES string of the molecule is CC(NC(=O)C(C)(N)c1ccccc1)C1CCCC1. The van der Waals surface area contributed by atoms with E-state index >= 15 is 0 Å². The number of nitrogens with two attached hydrogens (primary N) is 1. The fourth-order valence-corrected chi connectivity index (χ4v) is 2.85. The maximum absolute atomic E-state index is 12.4. The van der Waals surface area contributed by atoms with Crippen molar-refractivity contribution in [3.63, 3.8) is 0 Å². The van der Waals surface area contributed by atoms with Gasteiger partial charge in [-0.25, -0.2) is 0 Å². The van der Waals surface area contributed by atoms with Gasteiger partial charge >= 0.3 is 0 Å². The zero-order chi connectivity index (χ0) is 13.9. The minimum atomic E-state index is -0.964. The van der Waals surface area contributed by atoms with Crippen LogP contribution in [0.4, 0.5) is 0 Å². The van der Waals surface area contributed by atoms with E-state index in [0.717, 1.165) is 5.56 Å². The third-order valence-corrected chi connectivity index (χ3v) is 4.31. The van der Waals surface area contributed by atoms with Crippen molar-refractivity contribution < 1.29 is 4.79 Å². The minimum absolute atomic E-state index is 0.0851. The zero-order valence-electron chi connectivity index (χ0n) is 11.9. The average Bonchev–Trinajstić information content (AvgIpc) is 2.93. The van der Waals surface area contributed by atoms with E-state index in [4.69, 9.17) is 5.73 Å². The summed E-state index contributed by atoms with van der Waals surface area (Å²) in [5.74, 6) is 0.522. The molecule has 2 rings (SSSR count). The number of amides is 1. The Morgan fingerprint density at radius 2 is 1.89 bits per heavy atom. The van der Waals surface area contributed by atoms with Crippen LogP contribution in [-0.4, -0.2) is 11.9 Å². The number of carbonyl (C=O) groups is 1. The molecule has 104 valence electrons. The van der Waals surface area contributed by atoms with E-state index in [2.05, 4.69) is 12.2 Å². The van der Waals surface area contributed by atoms with Gasteiger partial charge in [0.05, 0.1) is 0 Å². The zero-order valence-corrected chi connectivity index (χ0v) is 11.9. The number of nitrogens with one attached hydrogen (secondary N) is 1. The summed E-state index contributed by atoms with van der Waals surface area (Å²) in [5, 5.41) is 3.10. The van der Waals surface area contributed by atoms with Crippen LogP contribution in [0.5, 0.6) is 0 Å². The first-order valence-electron chi connectivity index (χ1n) is 7.17. The van der Waals surface area contributed by atoms with Crippen LogP contribution < -0.4 is 11.1 Å². The van der Waals surface area contributed by atoms with Crippen molar-refractivity contribution >= 4 is 5.91 Å². The highest BCUT2D eigenvalue weighted by molar-refractivity contribution is 5.87. The van der Waals surface area contributed by atoms with E-state index < -0.39 is 5.54 Å². The second-order valence-electron chi connectivity index (χ2n) is 5.88. The Hall–Kier alpha value is -1.35. The summed E-state index contributed by atoms with van der Waals surface area (Å²) in [6.07, 6.45) is 5.00. The minimum Gasteiger partial charge on any atom is -0.351 e. The van der Waals surface area contributed by atoms with Gasteiger partial charge in [-0.2, -0.15) is 0 Å². The molecule has 0 spiro atoms. The van der Waals surface area contributed by atoms with Crippen LogP contribution >= 0.6 is 0 Å². The van der Waals surface area contributed by atoms with Crippen molar-refractivity contribution in [1.29, 1.82) is 0 Å². The van der Waals surface area contributed by atoms with Gasteiger partial charge in [-0.1, -0.05) is 43.2 Å². The summed E-state index contributed by atoms with van der Waals surface area (Å²) in [5.41, 5.74) is 6.11. The number of carbonyl (C=O) groups excluding carboxylic acids is 1. The van der Waals surface area contributed by atoms with Gasteiger partial charge in [0.2, 0.25) is 5.91 Å². The molecular formula is C16H24N2O. The molecule has 0 radical (unpaired) electrons. The molecule has 1 aliphatic rings. The first-order valence-corrected chi connectivity index (χ1v) is 7.17. The Morgan fingerprint density at radius 3 is 2.47 bits per heavy atom. The second kappa shape index (κ2) is 5.74. The number of rotatable bonds is 4. The van der Waals surface area contributed by atoms with Crippen LogP contribution in [0.3, 0.4) is 0 Å². The summed E-state index contributed by atoms with van der Waals surface area (Å²) in [6, 6.07) is 9.77. The molecular weight excluding hydrogens is 236 g/mol. The van der Waals surface area contributed by atoms with E-state index in [-0.39, 0.29) is 11.9 Å². The molecule has 1 saturated carbocycles. The molecule has 3 N–H and O–H groups in total. The summed E-state index contributed by atoms with van der Waals surface area (Å²) in [7, 11) is 0. The van der Waals surface area contributed by atoms with Crippen molar-refractivity contribution in [1.82, 2.24) is 5.32 Å². The molecule has 2 unspecified atom stereocenters. The lowest BCUT2D eigenvalue weighted by molar-refractivity contribution is -0.127. The predicted molar refractivity (Wildman–Crippen MR) is 77.5 cm³/mol. The number of hydrogen-bond donors (Lipinski definition) is 2. The highest BCUT2D eigenvalue weighted by Crippen LogP contribution is 2.28. The molecule has 1 aliphatic carbocycles. The molecule has 19 heavy (non-hydrogen) atoms. The van der Waals surface area contributed by atoms with Crippen molar-refractivity contribution in [2.75, 3.05) is 0 Å². The lowest BCUT2D eigenvalue weighted by Crippen LogP contribution is -2.52. The Kier molecular flexibility index (Phi) is 4.25. The first-order chi connectivity index (χ1) is 9.01. The Balaban J connectivity index is 2.02. The van der Waals surface area contributed by atoms with Crippen LogP contribution in [0, 0.1) is 5.92 Å². The lowest BCUT2D eigenvalue weighted by Gasteiger charge is -2.28. The van der Waals surface area contributed by atoms with Crippen LogP contribution in [0.2, 0.25) is 0 Å². The van der Waals surface area contributed by atoms with Crippen LogP contribution in [0.15, 0.2) is 30.3 Å². The smallest absolute Gasteiger partial charge is 0.244 e. The third-order valence-electron chi connectivity index (χ3n) is 4.31. The van der Waals surface area contributed by atoms with E-state index in [9.17, 15) is 4.79 Å². The number of benzene rings is 1. The summed E-state index contributed by atoms with van der Waals surface area (Å²) in [6.45, 7) is 3.87. The molecule has 1 amide bonds. The van der Waals surface area contributed by atoms with Gasteiger partial charge in [0, 0.05) is 6.04 Å². The highest BCUT2D eigenvalue weighted by atomic mass is 16.2. The Bertz CT molecular complexity index is 422. The van der Waals surface area contributed by atoms with Crippen LogP contribution in [0.1, 0.15) is 45.1 Å². The summed E-state index contributed by atoms with van der Waals surface area (Å²) >= 11 is 0. The molecule has 1 aromatic carbocycles. The largest absolute Gasteiger partial charge is 0.351 e. The highest BCUT2D eigenvalue weighted by Gasteiger charge is 2.33. The average molecular weight is 260 g/mol. The van der Waals surface area contributed by atoms with Gasteiger partial charge < -0.3 is 11.1 Å². The molecule has 3 nitrogen and oxygen atoms in total. The number of hydrogen-bond acceptors (Lipinski definition) is 2. The molecule has 1 fully saturated rings. The molecule has 0 aliphatic heterocycles. The van der Waals surface area contributed by atoms with Crippen molar-refractivity contribution in [3.05, 3.63) is 35.9 Å². The van der Waals surface area contributed by atoms with E-state index in [1.807, 2.05) is 30.3 Å². The van der Waals surface area contributed by atoms with Gasteiger partial charge in [-0.05, 0) is 38.2 Å². The second-order valence-corrected chi connectivity index (χ2v) is 5.88. The van der Waals surface area contributed by atoms with Gasteiger partial charge in [0.25, 0.3) is 0 Å². The lowest BCUT2D eigenvalue weighted by atomic mass is 9.91. The molecule has 2 atom stereocenters. The molecule has 3 heteroatoms. The van der Waals surface area contributed by atoms with Crippen molar-refractivity contribution in [2.24, 2.45) is 11.7 Å². The summed E-state index contributed by atoms with van der Waals surface area (Å²) in [4.78, 5) is 12.4. The molecule has 0 saturated heterocycles.